The zero-order chi connectivity index (χ0) is 13.8. The molecule has 0 bridgehead atoms. The molecular weight excluding hydrogens is 247 g/mol. The van der Waals surface area contributed by atoms with Gasteiger partial charge in [0.05, 0.1) is 5.56 Å². The van der Waals surface area contributed by atoms with Crippen LogP contribution in [0.5, 0.6) is 0 Å². The maximum absolute atomic E-state index is 12.7. The number of rotatable bonds is 5. The molecule has 1 aromatic carbocycles. The summed E-state index contributed by atoms with van der Waals surface area (Å²) in [4.78, 5) is 11.8. The first-order chi connectivity index (χ1) is 8.32. The number of anilines is 1. The van der Waals surface area contributed by atoms with Gasteiger partial charge >= 0.3 is 12.1 Å². The lowest BCUT2D eigenvalue weighted by molar-refractivity contribution is -0.138. The number of nitrogens with zero attached hydrogens (tertiary/aromatic N) is 1. The summed E-state index contributed by atoms with van der Waals surface area (Å²) in [5, 5.41) is 8.48. The van der Waals surface area contributed by atoms with Crippen molar-refractivity contribution < 1.29 is 23.1 Å². The first kappa shape index (κ1) is 14.3. The van der Waals surface area contributed by atoms with E-state index in [0.717, 1.165) is 6.07 Å². The molecule has 0 radical (unpaired) electrons. The summed E-state index contributed by atoms with van der Waals surface area (Å²) in [6.45, 7) is 0.263. The number of hydrogen-bond donors (Lipinski definition) is 1. The number of carbonyl (C=O) groups is 1. The number of alkyl halides is 3. The number of para-hydroxylation sites is 1. The molecule has 0 fully saturated rings. The van der Waals surface area contributed by atoms with Crippen LogP contribution in [0.4, 0.5) is 18.9 Å². The van der Waals surface area contributed by atoms with E-state index < -0.39 is 17.7 Å². The van der Waals surface area contributed by atoms with Crippen molar-refractivity contribution in [3.05, 3.63) is 29.8 Å². The number of benzene rings is 1. The monoisotopic (exact) mass is 261 g/mol. The molecule has 0 spiro atoms. The second kappa shape index (κ2) is 5.75. The van der Waals surface area contributed by atoms with Gasteiger partial charge in [0.2, 0.25) is 0 Å². The van der Waals surface area contributed by atoms with Gasteiger partial charge in [0.15, 0.2) is 0 Å². The van der Waals surface area contributed by atoms with Crippen LogP contribution < -0.4 is 4.90 Å². The fraction of sp³-hybridized carbons (Fsp3) is 0.417. The van der Waals surface area contributed by atoms with Crippen LogP contribution in [0.2, 0.25) is 0 Å². The van der Waals surface area contributed by atoms with E-state index in [4.69, 9.17) is 5.11 Å². The van der Waals surface area contributed by atoms with Crippen molar-refractivity contribution in [2.75, 3.05) is 18.5 Å². The Labute approximate surface area is 103 Å². The number of aliphatic carboxylic acids is 1. The van der Waals surface area contributed by atoms with Crippen molar-refractivity contribution in [3.63, 3.8) is 0 Å². The maximum Gasteiger partial charge on any atom is 0.418 e. The SMILES string of the molecule is CN(CCCC(=O)O)c1ccccc1C(F)(F)F. The molecule has 0 amide bonds. The molecule has 0 unspecified atom stereocenters. The quantitative estimate of drug-likeness (QED) is 0.885. The molecule has 0 atom stereocenters. The Bertz CT molecular complexity index is 418. The van der Waals surface area contributed by atoms with Crippen LogP contribution in [0.15, 0.2) is 24.3 Å². The highest BCUT2D eigenvalue weighted by molar-refractivity contribution is 5.66. The fourth-order valence-corrected chi connectivity index (χ4v) is 1.63. The molecule has 100 valence electrons. The predicted molar refractivity (Wildman–Crippen MR) is 61.6 cm³/mol. The van der Waals surface area contributed by atoms with Gasteiger partial charge < -0.3 is 10.0 Å². The lowest BCUT2D eigenvalue weighted by Crippen LogP contribution is -2.22. The summed E-state index contributed by atoms with van der Waals surface area (Å²) < 4.78 is 38.2. The zero-order valence-corrected chi connectivity index (χ0v) is 9.87. The van der Waals surface area contributed by atoms with Gasteiger partial charge in [-0.3, -0.25) is 4.79 Å². The van der Waals surface area contributed by atoms with Gasteiger partial charge in [0.1, 0.15) is 0 Å². The maximum atomic E-state index is 12.7. The minimum absolute atomic E-state index is 0.0570. The van der Waals surface area contributed by atoms with E-state index in [1.165, 1.54) is 30.1 Å². The fourth-order valence-electron chi connectivity index (χ4n) is 1.63. The van der Waals surface area contributed by atoms with Crippen LogP contribution in [0.25, 0.3) is 0 Å². The van der Waals surface area contributed by atoms with E-state index >= 15 is 0 Å². The van der Waals surface area contributed by atoms with Crippen molar-refractivity contribution in [1.29, 1.82) is 0 Å². The molecule has 0 aliphatic rings. The highest BCUT2D eigenvalue weighted by Crippen LogP contribution is 2.35. The summed E-state index contributed by atoms with van der Waals surface area (Å²) in [7, 11) is 1.52. The van der Waals surface area contributed by atoms with Crippen molar-refractivity contribution in [3.8, 4) is 0 Å². The Balaban J connectivity index is 2.79. The summed E-state index contributed by atoms with van der Waals surface area (Å²) in [6, 6.07) is 5.25. The molecule has 6 heteroatoms. The third-order valence-corrected chi connectivity index (χ3v) is 2.50. The van der Waals surface area contributed by atoms with Gasteiger partial charge in [-0.05, 0) is 18.6 Å². The van der Waals surface area contributed by atoms with E-state index in [0.29, 0.717) is 6.42 Å². The molecule has 0 aromatic heterocycles. The summed E-state index contributed by atoms with van der Waals surface area (Å²) in [6.07, 6.45) is -4.16. The van der Waals surface area contributed by atoms with E-state index in [-0.39, 0.29) is 18.7 Å². The third kappa shape index (κ3) is 3.94. The van der Waals surface area contributed by atoms with Gasteiger partial charge in [-0.1, -0.05) is 12.1 Å². The number of carboxylic acid groups (broad SMARTS) is 1. The van der Waals surface area contributed by atoms with Crippen LogP contribution in [-0.2, 0) is 11.0 Å². The van der Waals surface area contributed by atoms with Gasteiger partial charge in [-0.15, -0.1) is 0 Å². The van der Waals surface area contributed by atoms with Gasteiger partial charge in [0.25, 0.3) is 0 Å². The summed E-state index contributed by atoms with van der Waals surface area (Å²) >= 11 is 0. The van der Waals surface area contributed by atoms with Crippen molar-refractivity contribution in [1.82, 2.24) is 0 Å². The van der Waals surface area contributed by atoms with Crippen LogP contribution in [0.3, 0.4) is 0 Å². The van der Waals surface area contributed by atoms with Crippen LogP contribution in [0, 0.1) is 0 Å². The van der Waals surface area contributed by atoms with Crippen LogP contribution in [-0.4, -0.2) is 24.7 Å². The molecule has 1 rings (SSSR count). The van der Waals surface area contributed by atoms with E-state index in [1.54, 1.807) is 0 Å². The molecule has 18 heavy (non-hydrogen) atoms. The largest absolute Gasteiger partial charge is 0.481 e. The van der Waals surface area contributed by atoms with Gasteiger partial charge in [0, 0.05) is 25.7 Å². The Kier molecular flexibility index (Phi) is 4.58. The van der Waals surface area contributed by atoms with E-state index in [1.807, 2.05) is 0 Å². The molecule has 0 aliphatic heterocycles. The molecule has 1 aromatic rings. The molecule has 0 heterocycles. The highest BCUT2D eigenvalue weighted by Gasteiger charge is 2.33. The van der Waals surface area contributed by atoms with Crippen molar-refractivity contribution >= 4 is 11.7 Å². The lowest BCUT2D eigenvalue weighted by atomic mass is 10.1. The topological polar surface area (TPSA) is 40.5 Å². The lowest BCUT2D eigenvalue weighted by Gasteiger charge is -2.23. The van der Waals surface area contributed by atoms with Crippen molar-refractivity contribution in [2.24, 2.45) is 0 Å². The molecular formula is C12H14F3NO2. The highest BCUT2D eigenvalue weighted by atomic mass is 19.4. The molecule has 0 saturated heterocycles. The standard InChI is InChI=1S/C12H14F3NO2/c1-16(8-4-7-11(17)18)10-6-3-2-5-9(10)12(13,14)15/h2-3,5-6H,4,7-8H2,1H3,(H,17,18). The summed E-state index contributed by atoms with van der Waals surface area (Å²) in [5.41, 5.74) is -0.641. The average Bonchev–Trinajstić information content (AvgIpc) is 2.27. The second-order valence-corrected chi connectivity index (χ2v) is 3.93. The van der Waals surface area contributed by atoms with Crippen LogP contribution in [0.1, 0.15) is 18.4 Å². The van der Waals surface area contributed by atoms with Gasteiger partial charge in [-0.25, -0.2) is 0 Å². The molecule has 0 aliphatic carbocycles. The minimum Gasteiger partial charge on any atom is -0.481 e. The predicted octanol–water partition coefficient (Wildman–Crippen LogP) is 3.01. The first-order valence-corrected chi connectivity index (χ1v) is 5.41. The number of carboxylic acids is 1. The Morgan fingerprint density at radius 2 is 1.94 bits per heavy atom. The van der Waals surface area contributed by atoms with Crippen molar-refractivity contribution in [2.45, 2.75) is 19.0 Å². The van der Waals surface area contributed by atoms with E-state index in [2.05, 4.69) is 0 Å². The zero-order valence-electron chi connectivity index (χ0n) is 9.87. The van der Waals surface area contributed by atoms with Gasteiger partial charge in [-0.2, -0.15) is 13.2 Å². The Hall–Kier alpha value is -1.72. The van der Waals surface area contributed by atoms with Crippen LogP contribution >= 0.6 is 0 Å². The third-order valence-electron chi connectivity index (χ3n) is 2.50. The first-order valence-electron chi connectivity index (χ1n) is 5.41. The smallest absolute Gasteiger partial charge is 0.418 e. The minimum atomic E-state index is -4.41. The van der Waals surface area contributed by atoms with E-state index in [9.17, 15) is 18.0 Å². The number of hydrogen-bond acceptors (Lipinski definition) is 2. The molecule has 3 nitrogen and oxygen atoms in total. The second-order valence-electron chi connectivity index (χ2n) is 3.93. The Morgan fingerprint density at radius 3 is 2.50 bits per heavy atom. The molecule has 0 saturated carbocycles. The molecule has 1 N–H and O–H groups in total. The average molecular weight is 261 g/mol. The number of halogens is 3. The normalized spacial score (nSPS) is 11.3. The summed E-state index contributed by atoms with van der Waals surface area (Å²) in [5.74, 6) is -0.951. The Morgan fingerprint density at radius 1 is 1.33 bits per heavy atom.